The smallest absolute Gasteiger partial charge is 0.263 e. The van der Waals surface area contributed by atoms with E-state index in [0.29, 0.717) is 18.7 Å². The van der Waals surface area contributed by atoms with Gasteiger partial charge in [0, 0.05) is 43.2 Å². The van der Waals surface area contributed by atoms with Gasteiger partial charge in [0.25, 0.3) is 10.0 Å². The maximum Gasteiger partial charge on any atom is 0.263 e. The highest BCUT2D eigenvalue weighted by Gasteiger charge is 2.28. The molecule has 9 heteroatoms. The lowest BCUT2D eigenvalue weighted by Crippen LogP contribution is -2.44. The summed E-state index contributed by atoms with van der Waals surface area (Å²) in [7, 11) is -4.02. The Morgan fingerprint density at radius 3 is 2.76 bits per heavy atom. The van der Waals surface area contributed by atoms with E-state index in [2.05, 4.69) is 14.7 Å². The zero-order valence-corrected chi connectivity index (χ0v) is 20.9. The second kappa shape index (κ2) is 11.4. The van der Waals surface area contributed by atoms with Crippen molar-refractivity contribution in [3.63, 3.8) is 0 Å². The van der Waals surface area contributed by atoms with Gasteiger partial charge in [-0.15, -0.1) is 0 Å². The van der Waals surface area contributed by atoms with E-state index in [9.17, 15) is 13.2 Å². The third-order valence-electron chi connectivity index (χ3n) is 5.63. The van der Waals surface area contributed by atoms with Crippen LogP contribution in [0, 0.1) is 0 Å². The number of sulfonamides is 1. The van der Waals surface area contributed by atoms with Crippen molar-refractivity contribution in [1.29, 1.82) is 0 Å². The molecular weight excluding hydrogens is 452 g/mol. The predicted molar refractivity (Wildman–Crippen MR) is 132 cm³/mol. The molecule has 1 saturated heterocycles. The van der Waals surface area contributed by atoms with Crippen LogP contribution in [0.1, 0.15) is 40.5 Å². The molecule has 8 nitrogen and oxygen atoms in total. The number of hydrogen-bond acceptors (Lipinski definition) is 6. The summed E-state index contributed by atoms with van der Waals surface area (Å²) in [6.45, 7) is 8.77. The fourth-order valence-electron chi connectivity index (χ4n) is 3.96. The molecule has 1 aromatic carbocycles. The minimum atomic E-state index is -4.02. The average Bonchev–Trinajstić information content (AvgIpc) is 2.96. The molecule has 0 saturated carbocycles. The molecule has 0 spiro atoms. The number of fused-ring (bicyclic) bond motifs is 1. The van der Waals surface area contributed by atoms with E-state index in [-0.39, 0.29) is 40.5 Å². The molecule has 2 atom stereocenters. The number of carbonyl (C=O) groups is 1. The van der Waals surface area contributed by atoms with Crippen molar-refractivity contribution in [2.75, 3.05) is 13.2 Å². The molecule has 2 heterocycles. The lowest BCUT2D eigenvalue weighted by Gasteiger charge is -2.31. The van der Waals surface area contributed by atoms with Gasteiger partial charge in [-0.2, -0.15) is 0 Å². The highest BCUT2D eigenvalue weighted by atomic mass is 32.2. The maximum absolute atomic E-state index is 13.4. The first kappa shape index (κ1) is 25.6. The van der Waals surface area contributed by atoms with E-state index in [1.54, 1.807) is 17.0 Å². The molecule has 1 N–H and O–H groups in total. The molecule has 1 fully saturated rings. The summed E-state index contributed by atoms with van der Waals surface area (Å²) in [5.41, 5.74) is 1.99. The summed E-state index contributed by atoms with van der Waals surface area (Å²) >= 11 is 0. The van der Waals surface area contributed by atoms with Crippen LogP contribution in [0.3, 0.4) is 0 Å². The topological polar surface area (TPSA) is 101 Å². The third-order valence-corrected chi connectivity index (χ3v) is 7.07. The van der Waals surface area contributed by atoms with Gasteiger partial charge >= 0.3 is 0 Å². The summed E-state index contributed by atoms with van der Waals surface area (Å²) in [6, 6.07) is 4.67. The Bertz CT molecular complexity index is 1200. The molecule has 34 heavy (non-hydrogen) atoms. The van der Waals surface area contributed by atoms with Crippen LogP contribution in [0.4, 0.5) is 0 Å². The van der Waals surface area contributed by atoms with Gasteiger partial charge in [0.1, 0.15) is 10.4 Å². The van der Waals surface area contributed by atoms with Gasteiger partial charge < -0.3 is 9.64 Å². The predicted octanol–water partition coefficient (Wildman–Crippen LogP) is 3.73. The Morgan fingerprint density at radius 1 is 1.24 bits per heavy atom. The molecule has 0 aliphatic carbocycles. The first-order valence-electron chi connectivity index (χ1n) is 11.4. The first-order valence-corrected chi connectivity index (χ1v) is 12.8. The molecule has 3 rings (SSSR count). The van der Waals surface area contributed by atoms with Crippen molar-refractivity contribution in [2.45, 2.75) is 57.5 Å². The number of benzene rings is 1. The van der Waals surface area contributed by atoms with Crippen molar-refractivity contribution < 1.29 is 17.9 Å². The van der Waals surface area contributed by atoms with Crippen molar-refractivity contribution in [3.05, 3.63) is 66.2 Å². The van der Waals surface area contributed by atoms with Crippen LogP contribution in [0.15, 0.2) is 71.1 Å². The molecule has 1 amide bonds. The largest absolute Gasteiger partial charge is 0.379 e. The molecule has 0 radical (unpaired) electrons. The third kappa shape index (κ3) is 6.30. The number of rotatable bonds is 7. The van der Waals surface area contributed by atoms with E-state index in [1.807, 2.05) is 45.9 Å². The van der Waals surface area contributed by atoms with Gasteiger partial charge in [0.05, 0.1) is 18.2 Å². The van der Waals surface area contributed by atoms with Gasteiger partial charge in [0.2, 0.25) is 5.91 Å². The van der Waals surface area contributed by atoms with Crippen molar-refractivity contribution >= 4 is 27.0 Å². The highest BCUT2D eigenvalue weighted by molar-refractivity contribution is 7.89. The number of para-hydroxylation sites is 1. The van der Waals surface area contributed by atoms with Gasteiger partial charge in [-0.1, -0.05) is 29.9 Å². The Labute approximate surface area is 201 Å². The van der Waals surface area contributed by atoms with Crippen LogP contribution in [-0.2, 0) is 19.6 Å². The number of nitrogens with zero attached hydrogens (tertiary/aromatic N) is 3. The molecular formula is C25H32N4O4S. The van der Waals surface area contributed by atoms with E-state index in [4.69, 9.17) is 4.74 Å². The van der Waals surface area contributed by atoms with Crippen LogP contribution in [-0.4, -0.2) is 54.5 Å². The number of amides is 1. The summed E-state index contributed by atoms with van der Waals surface area (Å²) in [5.74, 6) is -0.252. The Hall–Kier alpha value is -3.04. The molecule has 1 aliphatic heterocycles. The Kier molecular flexibility index (Phi) is 8.57. The zero-order valence-electron chi connectivity index (χ0n) is 20.1. The molecule has 1 aliphatic rings. The quantitative estimate of drug-likeness (QED) is 0.475. The van der Waals surface area contributed by atoms with Crippen molar-refractivity contribution in [3.8, 4) is 0 Å². The number of hydrogen-bond donors (Lipinski definition) is 1. The Morgan fingerprint density at radius 2 is 2.00 bits per heavy atom. The lowest BCUT2D eigenvalue weighted by atomic mass is 10.1. The number of carbonyl (C=O) groups excluding carboxylic acids is 1. The number of nitrogens with one attached hydrogen (secondary N) is 1. The minimum Gasteiger partial charge on any atom is -0.379 e. The molecule has 2 aromatic rings. The summed E-state index contributed by atoms with van der Waals surface area (Å²) in [4.78, 5) is 23.5. The van der Waals surface area contributed by atoms with Crippen LogP contribution >= 0.6 is 0 Å². The van der Waals surface area contributed by atoms with E-state index in [0.717, 1.165) is 12.0 Å². The summed E-state index contributed by atoms with van der Waals surface area (Å²) < 4.78 is 35.0. The van der Waals surface area contributed by atoms with Crippen molar-refractivity contribution in [1.82, 2.24) is 19.6 Å². The molecule has 0 bridgehead atoms. The van der Waals surface area contributed by atoms with E-state index >= 15 is 0 Å². The standard InChI is InChI=1S/C25H32N4O4S/c1-5-7-18(2)10-11-21(16-24(30)29-19(3)12-15-33-17-20(29)4)28-34(31,32)23-9-6-8-22-25(23)27-14-13-26-22/h5-10,13-14,16,19-20,28H,11-12,15,17H2,1-4H3/b7-5-,18-10?,21-16-/t19-,20?/m0/s1. The fraction of sp³-hybridized carbons (Fsp3) is 0.400. The number of aromatic nitrogens is 2. The van der Waals surface area contributed by atoms with Gasteiger partial charge in [-0.3, -0.25) is 19.5 Å². The molecule has 1 unspecified atom stereocenters. The highest BCUT2D eigenvalue weighted by Crippen LogP contribution is 2.21. The monoisotopic (exact) mass is 484 g/mol. The zero-order chi connectivity index (χ0) is 24.7. The minimum absolute atomic E-state index is 0.00973. The molecule has 1 aromatic heterocycles. The lowest BCUT2D eigenvalue weighted by molar-refractivity contribution is -0.130. The first-order chi connectivity index (χ1) is 16.2. The van der Waals surface area contributed by atoms with Crippen LogP contribution < -0.4 is 4.72 Å². The maximum atomic E-state index is 13.4. The van der Waals surface area contributed by atoms with E-state index < -0.39 is 10.0 Å². The van der Waals surface area contributed by atoms with E-state index in [1.165, 1.54) is 24.5 Å². The average molecular weight is 485 g/mol. The second-order valence-corrected chi connectivity index (χ2v) is 10.1. The fourth-order valence-corrected chi connectivity index (χ4v) is 5.23. The summed E-state index contributed by atoms with van der Waals surface area (Å²) in [5, 5.41) is 0. The summed E-state index contributed by atoms with van der Waals surface area (Å²) in [6.07, 6.45) is 11.0. The van der Waals surface area contributed by atoms with Crippen LogP contribution in [0.25, 0.3) is 11.0 Å². The SMILES string of the molecule is C/C=C\C(C)=CC/C(=C/C(=O)N1C(C)COCC[C@@H]1C)NS(=O)(=O)c1cccc2nccnc12. The van der Waals surface area contributed by atoms with Gasteiger partial charge in [-0.05, 0) is 46.2 Å². The van der Waals surface area contributed by atoms with Gasteiger partial charge in [-0.25, -0.2) is 8.42 Å². The second-order valence-electron chi connectivity index (χ2n) is 8.41. The van der Waals surface area contributed by atoms with Crippen LogP contribution in [0.2, 0.25) is 0 Å². The van der Waals surface area contributed by atoms with Crippen molar-refractivity contribution in [2.24, 2.45) is 0 Å². The number of ether oxygens (including phenoxy) is 1. The normalized spacial score (nSPS) is 20.5. The Balaban J connectivity index is 1.98. The van der Waals surface area contributed by atoms with Crippen LogP contribution in [0.5, 0.6) is 0 Å². The number of allylic oxidation sites excluding steroid dienone is 4. The molecule has 182 valence electrons. The van der Waals surface area contributed by atoms with Gasteiger partial charge in [0.15, 0.2) is 0 Å².